The molecule has 1 N–H and O–H groups in total. The Kier molecular flexibility index (Phi) is 4.05. The summed E-state index contributed by atoms with van der Waals surface area (Å²) in [6.07, 6.45) is 4.53. The number of nitrogens with one attached hydrogen (secondary N) is 1. The van der Waals surface area contributed by atoms with E-state index in [1.807, 2.05) is 0 Å². The average molecular weight is 257 g/mol. The van der Waals surface area contributed by atoms with E-state index in [-0.39, 0.29) is 17.0 Å². The molecule has 0 saturated heterocycles. The third-order valence-electron chi connectivity index (χ3n) is 3.19. The highest BCUT2D eigenvalue weighted by molar-refractivity contribution is 6.20. The van der Waals surface area contributed by atoms with Crippen molar-refractivity contribution in [2.24, 2.45) is 5.92 Å². The molecule has 0 spiro atoms. The van der Waals surface area contributed by atoms with Crippen molar-refractivity contribution in [2.45, 2.75) is 38.0 Å². The standard InChI is InChI=1S/C12H17ClN2O2/c1-8-6-11(17-15-8)12(16)14-7-9-4-2-3-5-10(9)13/h6,9-10H,2-5,7H2,1H3,(H,14,16). The zero-order valence-electron chi connectivity index (χ0n) is 9.91. The van der Waals surface area contributed by atoms with Crippen LogP contribution in [0.25, 0.3) is 0 Å². The second-order valence-corrected chi connectivity index (χ2v) is 5.16. The Morgan fingerprint density at radius 2 is 2.35 bits per heavy atom. The Morgan fingerprint density at radius 3 is 3.00 bits per heavy atom. The van der Waals surface area contributed by atoms with Crippen LogP contribution in [0.4, 0.5) is 0 Å². The summed E-state index contributed by atoms with van der Waals surface area (Å²) >= 11 is 6.23. The van der Waals surface area contributed by atoms with E-state index < -0.39 is 0 Å². The van der Waals surface area contributed by atoms with Crippen LogP contribution in [0.5, 0.6) is 0 Å². The molecular weight excluding hydrogens is 240 g/mol. The molecule has 1 heterocycles. The fraction of sp³-hybridized carbons (Fsp3) is 0.667. The summed E-state index contributed by atoms with van der Waals surface area (Å²) in [5.74, 6) is 0.433. The molecule has 2 unspecified atom stereocenters. The van der Waals surface area contributed by atoms with Gasteiger partial charge in [-0.05, 0) is 25.7 Å². The third-order valence-corrected chi connectivity index (χ3v) is 3.77. The van der Waals surface area contributed by atoms with Crippen molar-refractivity contribution in [3.05, 3.63) is 17.5 Å². The number of rotatable bonds is 3. The van der Waals surface area contributed by atoms with E-state index in [4.69, 9.17) is 16.1 Å². The van der Waals surface area contributed by atoms with Crippen molar-refractivity contribution >= 4 is 17.5 Å². The molecule has 4 nitrogen and oxygen atoms in total. The second kappa shape index (κ2) is 5.54. The monoisotopic (exact) mass is 256 g/mol. The largest absolute Gasteiger partial charge is 0.351 e. The molecule has 1 amide bonds. The van der Waals surface area contributed by atoms with Crippen LogP contribution in [0.1, 0.15) is 41.9 Å². The zero-order valence-corrected chi connectivity index (χ0v) is 10.7. The quantitative estimate of drug-likeness (QED) is 0.846. The number of aromatic nitrogens is 1. The molecule has 1 aromatic rings. The normalized spacial score (nSPS) is 24.6. The second-order valence-electron chi connectivity index (χ2n) is 4.60. The number of halogens is 1. The van der Waals surface area contributed by atoms with Gasteiger partial charge in [-0.3, -0.25) is 4.79 Å². The SMILES string of the molecule is Cc1cc(C(=O)NCC2CCCCC2Cl)on1. The third kappa shape index (κ3) is 3.22. The van der Waals surface area contributed by atoms with Gasteiger partial charge < -0.3 is 9.84 Å². The summed E-state index contributed by atoms with van der Waals surface area (Å²) in [5.41, 5.74) is 0.711. The summed E-state index contributed by atoms with van der Waals surface area (Å²) in [5, 5.41) is 6.72. The van der Waals surface area contributed by atoms with E-state index in [1.54, 1.807) is 13.0 Å². The maximum Gasteiger partial charge on any atom is 0.289 e. The Hall–Kier alpha value is -1.03. The molecule has 1 fully saturated rings. The lowest BCUT2D eigenvalue weighted by atomic mass is 9.89. The molecule has 0 aromatic carbocycles. The Labute approximate surface area is 106 Å². The van der Waals surface area contributed by atoms with Crippen molar-refractivity contribution in [3.8, 4) is 0 Å². The van der Waals surface area contributed by atoms with Gasteiger partial charge >= 0.3 is 0 Å². The van der Waals surface area contributed by atoms with Gasteiger partial charge in [0.2, 0.25) is 5.76 Å². The van der Waals surface area contributed by atoms with Gasteiger partial charge in [-0.1, -0.05) is 18.0 Å². The molecule has 2 atom stereocenters. The number of alkyl halides is 1. The number of hydrogen-bond acceptors (Lipinski definition) is 3. The van der Waals surface area contributed by atoms with Crippen LogP contribution in [0.3, 0.4) is 0 Å². The first-order valence-electron chi connectivity index (χ1n) is 6.02. The van der Waals surface area contributed by atoms with E-state index >= 15 is 0 Å². The molecule has 1 aliphatic carbocycles. The van der Waals surface area contributed by atoms with Gasteiger partial charge in [0.15, 0.2) is 0 Å². The van der Waals surface area contributed by atoms with Crippen molar-refractivity contribution in [1.82, 2.24) is 10.5 Å². The van der Waals surface area contributed by atoms with Crippen LogP contribution in [0.2, 0.25) is 0 Å². The van der Waals surface area contributed by atoms with Crippen molar-refractivity contribution in [1.29, 1.82) is 0 Å². The highest BCUT2D eigenvalue weighted by Crippen LogP contribution is 2.28. The predicted molar refractivity (Wildman–Crippen MR) is 65.2 cm³/mol. The minimum atomic E-state index is -0.208. The minimum absolute atomic E-state index is 0.181. The summed E-state index contributed by atoms with van der Waals surface area (Å²) in [6, 6.07) is 1.63. The molecule has 2 rings (SSSR count). The van der Waals surface area contributed by atoms with Gasteiger partial charge in [0.25, 0.3) is 5.91 Å². The van der Waals surface area contributed by atoms with E-state index in [1.165, 1.54) is 12.8 Å². The van der Waals surface area contributed by atoms with E-state index in [0.29, 0.717) is 18.2 Å². The van der Waals surface area contributed by atoms with Crippen LogP contribution in [0.15, 0.2) is 10.6 Å². The number of nitrogens with zero attached hydrogens (tertiary/aromatic N) is 1. The van der Waals surface area contributed by atoms with Crippen LogP contribution >= 0.6 is 11.6 Å². The van der Waals surface area contributed by atoms with Gasteiger partial charge in [0.05, 0.1) is 5.69 Å². The first-order chi connectivity index (χ1) is 8.16. The smallest absolute Gasteiger partial charge is 0.289 e. The number of hydrogen-bond donors (Lipinski definition) is 1. The first-order valence-corrected chi connectivity index (χ1v) is 6.46. The Balaban J connectivity index is 1.83. The lowest BCUT2D eigenvalue weighted by Crippen LogP contribution is -2.34. The fourth-order valence-corrected chi connectivity index (χ4v) is 2.54. The molecule has 0 radical (unpaired) electrons. The van der Waals surface area contributed by atoms with Gasteiger partial charge in [-0.2, -0.15) is 0 Å². The lowest BCUT2D eigenvalue weighted by Gasteiger charge is -2.26. The molecule has 1 aromatic heterocycles. The number of aryl methyl sites for hydroxylation is 1. The highest BCUT2D eigenvalue weighted by atomic mass is 35.5. The van der Waals surface area contributed by atoms with Crippen LogP contribution in [0, 0.1) is 12.8 Å². The van der Waals surface area contributed by atoms with Crippen LogP contribution in [-0.4, -0.2) is 23.0 Å². The summed E-state index contributed by atoms with van der Waals surface area (Å²) in [7, 11) is 0. The molecular formula is C12H17ClN2O2. The van der Waals surface area contributed by atoms with Crippen molar-refractivity contribution < 1.29 is 9.32 Å². The summed E-state index contributed by atoms with van der Waals surface area (Å²) < 4.78 is 4.90. The molecule has 1 saturated carbocycles. The zero-order chi connectivity index (χ0) is 12.3. The number of carbonyl (C=O) groups excluding carboxylic acids is 1. The molecule has 1 aliphatic rings. The maximum absolute atomic E-state index is 11.7. The highest BCUT2D eigenvalue weighted by Gasteiger charge is 2.24. The van der Waals surface area contributed by atoms with Gasteiger partial charge in [-0.25, -0.2) is 0 Å². The van der Waals surface area contributed by atoms with Gasteiger partial charge in [0, 0.05) is 18.0 Å². The predicted octanol–water partition coefficient (Wildman–Crippen LogP) is 2.51. The van der Waals surface area contributed by atoms with Crippen LogP contribution < -0.4 is 5.32 Å². The number of carbonyl (C=O) groups is 1. The van der Waals surface area contributed by atoms with Crippen LogP contribution in [-0.2, 0) is 0 Å². The molecule has 0 bridgehead atoms. The van der Waals surface area contributed by atoms with Crippen molar-refractivity contribution in [2.75, 3.05) is 6.54 Å². The fourth-order valence-electron chi connectivity index (χ4n) is 2.17. The molecule has 94 valence electrons. The molecule has 5 heteroatoms. The molecule has 0 aliphatic heterocycles. The first kappa shape index (κ1) is 12.4. The summed E-state index contributed by atoms with van der Waals surface area (Å²) in [6.45, 7) is 2.41. The van der Waals surface area contributed by atoms with E-state index in [0.717, 1.165) is 12.8 Å². The summed E-state index contributed by atoms with van der Waals surface area (Å²) in [4.78, 5) is 11.7. The van der Waals surface area contributed by atoms with Gasteiger partial charge in [-0.15, -0.1) is 11.6 Å². The molecule has 17 heavy (non-hydrogen) atoms. The topological polar surface area (TPSA) is 55.1 Å². The minimum Gasteiger partial charge on any atom is -0.351 e. The van der Waals surface area contributed by atoms with Crippen molar-refractivity contribution in [3.63, 3.8) is 0 Å². The van der Waals surface area contributed by atoms with Gasteiger partial charge in [0.1, 0.15) is 0 Å². The Bertz CT molecular complexity index is 392. The number of amides is 1. The Morgan fingerprint density at radius 1 is 1.59 bits per heavy atom. The lowest BCUT2D eigenvalue weighted by molar-refractivity contribution is 0.0907. The average Bonchev–Trinajstić information content (AvgIpc) is 2.74. The van der Waals surface area contributed by atoms with E-state index in [2.05, 4.69) is 10.5 Å². The maximum atomic E-state index is 11.7. The van der Waals surface area contributed by atoms with E-state index in [9.17, 15) is 4.79 Å².